The van der Waals surface area contributed by atoms with Crippen molar-refractivity contribution in [2.24, 2.45) is 5.73 Å². The van der Waals surface area contributed by atoms with Crippen molar-refractivity contribution < 1.29 is 27.1 Å². The van der Waals surface area contributed by atoms with Gasteiger partial charge in [0.1, 0.15) is 11.6 Å². The fourth-order valence-corrected chi connectivity index (χ4v) is 2.80. The Morgan fingerprint density at radius 2 is 2.06 bits per heavy atom. The first-order valence-electron chi connectivity index (χ1n) is 9.22. The van der Waals surface area contributed by atoms with Gasteiger partial charge in [-0.3, -0.25) is 9.48 Å². The number of carbonyl (C=O) groups excluding carboxylic acids is 1. The maximum atomic E-state index is 14.1. The molecule has 0 fully saturated rings. The summed E-state index contributed by atoms with van der Waals surface area (Å²) >= 11 is 0. The Morgan fingerprint density at radius 1 is 1.28 bits per heavy atom. The van der Waals surface area contributed by atoms with E-state index in [0.717, 1.165) is 24.4 Å². The van der Waals surface area contributed by atoms with Crippen LogP contribution < -0.4 is 16.4 Å². The molecule has 3 aromatic rings. The highest BCUT2D eigenvalue weighted by Crippen LogP contribution is 2.33. The second kappa shape index (κ2) is 9.60. The number of primary amides is 1. The standard InChI is InChI=1S/C19H19F4N7O2/c1-32-6-5-30-10-11(7-27-30)28-18-26-9-13(16(24)31)17(29-18)25-8-12-14(19(21,22)23)3-2-4-15(12)20/h2-4,7,9-10H,5-6,8H2,1H3,(H2,24,31)(H2,25,26,28,29). The third-order valence-electron chi connectivity index (χ3n) is 4.32. The molecule has 13 heteroatoms. The summed E-state index contributed by atoms with van der Waals surface area (Å²) in [7, 11) is 1.56. The van der Waals surface area contributed by atoms with Gasteiger partial charge in [0.05, 0.1) is 36.2 Å². The minimum atomic E-state index is -4.76. The van der Waals surface area contributed by atoms with Crippen LogP contribution in [0.25, 0.3) is 0 Å². The third kappa shape index (κ3) is 5.49. The van der Waals surface area contributed by atoms with E-state index in [1.165, 1.54) is 6.20 Å². The first-order valence-corrected chi connectivity index (χ1v) is 9.22. The van der Waals surface area contributed by atoms with Gasteiger partial charge >= 0.3 is 6.18 Å². The quantitative estimate of drug-likeness (QED) is 0.426. The molecular weight excluding hydrogens is 434 g/mol. The summed E-state index contributed by atoms with van der Waals surface area (Å²) in [6.45, 7) is 0.374. The third-order valence-corrected chi connectivity index (χ3v) is 4.32. The van der Waals surface area contributed by atoms with Crippen LogP contribution in [0.15, 0.2) is 36.8 Å². The SMILES string of the molecule is COCCn1cc(Nc2ncc(C(N)=O)c(NCc3c(F)cccc3C(F)(F)F)n2)cn1. The van der Waals surface area contributed by atoms with Crippen LogP contribution >= 0.6 is 0 Å². The number of methoxy groups -OCH3 is 1. The summed E-state index contributed by atoms with van der Waals surface area (Å²) in [5.74, 6) is -2.09. The highest BCUT2D eigenvalue weighted by molar-refractivity contribution is 5.97. The molecule has 0 aliphatic heterocycles. The van der Waals surface area contributed by atoms with Crippen LogP contribution in [0, 0.1) is 5.82 Å². The van der Waals surface area contributed by atoms with Gasteiger partial charge in [-0.05, 0) is 12.1 Å². The Morgan fingerprint density at radius 3 is 2.75 bits per heavy atom. The Kier molecular flexibility index (Phi) is 6.88. The second-order valence-corrected chi connectivity index (χ2v) is 6.55. The van der Waals surface area contributed by atoms with Crippen molar-refractivity contribution in [1.29, 1.82) is 0 Å². The lowest BCUT2D eigenvalue weighted by atomic mass is 10.1. The molecule has 4 N–H and O–H groups in total. The van der Waals surface area contributed by atoms with Crippen LogP contribution in [-0.2, 0) is 24.0 Å². The molecule has 1 amide bonds. The van der Waals surface area contributed by atoms with Crippen LogP contribution in [0.1, 0.15) is 21.5 Å². The average molecular weight is 453 g/mol. The van der Waals surface area contributed by atoms with E-state index in [1.807, 2.05) is 0 Å². The number of nitrogens with one attached hydrogen (secondary N) is 2. The largest absolute Gasteiger partial charge is 0.416 e. The molecule has 2 aromatic heterocycles. The Labute approximate surface area is 179 Å². The maximum Gasteiger partial charge on any atom is 0.416 e. The predicted octanol–water partition coefficient (Wildman–Crippen LogP) is 2.93. The van der Waals surface area contributed by atoms with Crippen LogP contribution in [0.3, 0.4) is 0 Å². The van der Waals surface area contributed by atoms with Gasteiger partial charge in [0.25, 0.3) is 5.91 Å². The molecule has 9 nitrogen and oxygen atoms in total. The minimum absolute atomic E-state index is 0.0216. The number of amides is 1. The van der Waals surface area contributed by atoms with Crippen molar-refractivity contribution in [3.63, 3.8) is 0 Å². The van der Waals surface area contributed by atoms with Gasteiger partial charge < -0.3 is 21.1 Å². The number of carbonyl (C=O) groups is 1. The first-order chi connectivity index (χ1) is 15.2. The van der Waals surface area contributed by atoms with Crippen molar-refractivity contribution in [3.05, 3.63) is 59.3 Å². The number of halogens is 4. The van der Waals surface area contributed by atoms with E-state index < -0.39 is 35.6 Å². The zero-order valence-corrected chi connectivity index (χ0v) is 16.8. The number of hydrogen-bond donors (Lipinski definition) is 3. The highest BCUT2D eigenvalue weighted by Gasteiger charge is 2.34. The lowest BCUT2D eigenvalue weighted by molar-refractivity contribution is -0.138. The Bertz CT molecular complexity index is 1100. The van der Waals surface area contributed by atoms with Gasteiger partial charge in [0, 0.05) is 31.6 Å². The summed E-state index contributed by atoms with van der Waals surface area (Å²) in [4.78, 5) is 19.8. The molecular formula is C19H19F4N7O2. The van der Waals surface area contributed by atoms with Gasteiger partial charge in [-0.1, -0.05) is 6.07 Å². The van der Waals surface area contributed by atoms with E-state index >= 15 is 0 Å². The molecule has 0 aliphatic carbocycles. The summed E-state index contributed by atoms with van der Waals surface area (Å²) in [5, 5.41) is 9.53. The average Bonchev–Trinajstić information content (AvgIpc) is 3.17. The zero-order chi connectivity index (χ0) is 23.3. The summed E-state index contributed by atoms with van der Waals surface area (Å²) in [6.07, 6.45) is -0.482. The van der Waals surface area contributed by atoms with Crippen LogP contribution in [0.5, 0.6) is 0 Å². The smallest absolute Gasteiger partial charge is 0.383 e. The van der Waals surface area contributed by atoms with Crippen molar-refractivity contribution in [3.8, 4) is 0 Å². The maximum absolute atomic E-state index is 14.1. The summed E-state index contributed by atoms with van der Waals surface area (Å²) < 4.78 is 60.4. The number of nitrogens with zero attached hydrogens (tertiary/aromatic N) is 4. The lowest BCUT2D eigenvalue weighted by Gasteiger charge is -2.15. The van der Waals surface area contributed by atoms with E-state index in [0.29, 0.717) is 18.8 Å². The van der Waals surface area contributed by atoms with Gasteiger partial charge in [0.15, 0.2) is 0 Å². The monoisotopic (exact) mass is 453 g/mol. The van der Waals surface area contributed by atoms with Gasteiger partial charge in [-0.25, -0.2) is 9.37 Å². The van der Waals surface area contributed by atoms with E-state index in [2.05, 4.69) is 25.7 Å². The molecule has 2 heterocycles. The number of aromatic nitrogens is 4. The molecule has 0 radical (unpaired) electrons. The van der Waals surface area contributed by atoms with E-state index in [1.54, 1.807) is 18.0 Å². The first kappa shape index (κ1) is 22.9. The molecule has 0 saturated carbocycles. The second-order valence-electron chi connectivity index (χ2n) is 6.55. The number of hydrogen-bond acceptors (Lipinski definition) is 7. The molecule has 0 aliphatic rings. The number of benzene rings is 1. The molecule has 0 unspecified atom stereocenters. The van der Waals surface area contributed by atoms with Crippen LogP contribution in [-0.4, -0.2) is 39.4 Å². The fourth-order valence-electron chi connectivity index (χ4n) is 2.80. The number of alkyl halides is 3. The van der Waals surface area contributed by atoms with Crippen molar-refractivity contribution in [2.45, 2.75) is 19.3 Å². The molecule has 1 aromatic carbocycles. The van der Waals surface area contributed by atoms with Crippen LogP contribution in [0.2, 0.25) is 0 Å². The number of nitrogens with two attached hydrogens (primary N) is 1. The van der Waals surface area contributed by atoms with E-state index in [-0.39, 0.29) is 17.3 Å². The molecule has 170 valence electrons. The van der Waals surface area contributed by atoms with E-state index in [9.17, 15) is 22.4 Å². The minimum Gasteiger partial charge on any atom is -0.383 e. The lowest BCUT2D eigenvalue weighted by Crippen LogP contribution is -2.18. The number of ether oxygens (including phenoxy) is 1. The molecule has 0 spiro atoms. The van der Waals surface area contributed by atoms with Crippen LogP contribution in [0.4, 0.5) is 35.0 Å². The van der Waals surface area contributed by atoms with Gasteiger partial charge in [0.2, 0.25) is 5.95 Å². The normalized spacial score (nSPS) is 11.4. The molecule has 3 rings (SSSR count). The van der Waals surface area contributed by atoms with E-state index in [4.69, 9.17) is 10.5 Å². The van der Waals surface area contributed by atoms with Crippen molar-refractivity contribution in [2.75, 3.05) is 24.4 Å². The van der Waals surface area contributed by atoms with Gasteiger partial charge in [-0.2, -0.15) is 23.3 Å². The molecule has 32 heavy (non-hydrogen) atoms. The summed E-state index contributed by atoms with van der Waals surface area (Å²) in [6, 6.07) is 2.65. The Balaban J connectivity index is 1.84. The highest BCUT2D eigenvalue weighted by atomic mass is 19.4. The fraction of sp³-hybridized carbons (Fsp3) is 0.263. The molecule has 0 saturated heterocycles. The van der Waals surface area contributed by atoms with Gasteiger partial charge in [-0.15, -0.1) is 0 Å². The zero-order valence-electron chi connectivity index (χ0n) is 16.8. The number of anilines is 3. The van der Waals surface area contributed by atoms with Crippen molar-refractivity contribution >= 4 is 23.4 Å². The summed E-state index contributed by atoms with van der Waals surface area (Å²) in [5.41, 5.74) is 3.90. The van der Waals surface area contributed by atoms with Crippen molar-refractivity contribution in [1.82, 2.24) is 19.7 Å². The number of rotatable bonds is 9. The Hall–Kier alpha value is -3.74. The molecule has 0 atom stereocenters. The predicted molar refractivity (Wildman–Crippen MR) is 107 cm³/mol. The molecule has 0 bridgehead atoms. The topological polar surface area (TPSA) is 120 Å².